The average molecular weight is 314 g/mol. The lowest BCUT2D eigenvalue weighted by Gasteiger charge is -2.38. The van der Waals surface area contributed by atoms with Gasteiger partial charge in [-0.3, -0.25) is 0 Å². The Labute approximate surface area is 126 Å². The number of hydrogen-bond donors (Lipinski definition) is 4. The molecule has 2 rings (SSSR count). The van der Waals surface area contributed by atoms with Crippen LogP contribution in [0, 0.1) is 0 Å². The van der Waals surface area contributed by atoms with Crippen molar-refractivity contribution in [2.45, 2.75) is 37.6 Å². The van der Waals surface area contributed by atoms with Gasteiger partial charge in [0.1, 0.15) is 29.8 Å². The third kappa shape index (κ3) is 3.47. The molecule has 1 aliphatic rings. The van der Waals surface area contributed by atoms with E-state index in [0.717, 1.165) is 0 Å². The van der Waals surface area contributed by atoms with Crippen molar-refractivity contribution in [2.24, 2.45) is 0 Å². The molecule has 22 heavy (non-hydrogen) atoms. The van der Waals surface area contributed by atoms with E-state index in [4.69, 9.17) is 19.3 Å². The molecule has 1 heterocycles. The third-order valence-corrected chi connectivity index (χ3v) is 3.20. The van der Waals surface area contributed by atoms with Gasteiger partial charge in [-0.2, -0.15) is 0 Å². The molecule has 1 aromatic carbocycles. The van der Waals surface area contributed by atoms with E-state index in [-0.39, 0.29) is 0 Å². The quantitative estimate of drug-likeness (QED) is 0.565. The molecule has 8 nitrogen and oxygen atoms in total. The van der Waals surface area contributed by atoms with Gasteiger partial charge in [-0.1, -0.05) is 0 Å². The molecule has 1 saturated heterocycles. The van der Waals surface area contributed by atoms with Crippen LogP contribution in [-0.4, -0.2) is 63.7 Å². The molecule has 0 saturated carbocycles. The fourth-order valence-corrected chi connectivity index (χ4v) is 2.06. The van der Waals surface area contributed by atoms with Crippen LogP contribution in [0.5, 0.6) is 11.5 Å². The maximum atomic E-state index is 11.0. The van der Waals surface area contributed by atoms with E-state index in [9.17, 15) is 20.1 Å². The predicted molar refractivity (Wildman–Crippen MR) is 72.6 cm³/mol. The largest absolute Gasteiger partial charge is 0.494 e. The van der Waals surface area contributed by atoms with E-state index in [1.165, 1.54) is 0 Å². The normalized spacial score (nSPS) is 31.5. The van der Waals surface area contributed by atoms with Crippen LogP contribution in [0.2, 0.25) is 0 Å². The van der Waals surface area contributed by atoms with E-state index >= 15 is 0 Å². The number of aliphatic hydroxyl groups excluding tert-OH is 3. The number of rotatable bonds is 5. The number of carbonyl (C=O) groups is 1. The van der Waals surface area contributed by atoms with Crippen LogP contribution in [0.1, 0.15) is 6.92 Å². The zero-order valence-corrected chi connectivity index (χ0v) is 11.8. The van der Waals surface area contributed by atoms with Gasteiger partial charge in [0, 0.05) is 0 Å². The topological polar surface area (TPSA) is 126 Å². The summed E-state index contributed by atoms with van der Waals surface area (Å²) < 4.78 is 15.6. The summed E-state index contributed by atoms with van der Waals surface area (Å²) in [5.74, 6) is -0.544. The van der Waals surface area contributed by atoms with Gasteiger partial charge in [-0.25, -0.2) is 4.79 Å². The lowest BCUT2D eigenvalue weighted by atomic mass is 9.99. The van der Waals surface area contributed by atoms with Gasteiger partial charge in [0.25, 0.3) is 0 Å². The molecule has 0 amide bonds. The Morgan fingerprint density at radius 1 is 1.09 bits per heavy atom. The Bertz CT molecular complexity index is 502. The summed E-state index contributed by atoms with van der Waals surface area (Å²) in [5, 5.41) is 38.0. The predicted octanol–water partition coefficient (Wildman–Crippen LogP) is -0.644. The first kappa shape index (κ1) is 16.5. The number of aliphatic carboxylic acids is 1. The Morgan fingerprint density at radius 2 is 1.68 bits per heavy atom. The van der Waals surface area contributed by atoms with Crippen LogP contribution in [0.4, 0.5) is 0 Å². The van der Waals surface area contributed by atoms with E-state index < -0.39 is 36.7 Å². The molecule has 0 bridgehead atoms. The van der Waals surface area contributed by atoms with Crippen molar-refractivity contribution < 1.29 is 39.4 Å². The van der Waals surface area contributed by atoms with Crippen molar-refractivity contribution in [2.75, 3.05) is 6.61 Å². The number of carboxylic acids is 1. The highest BCUT2D eigenvalue weighted by molar-refractivity contribution is 5.73. The summed E-state index contributed by atoms with van der Waals surface area (Å²) in [6.07, 6.45) is -8.13. The fourth-order valence-electron chi connectivity index (χ4n) is 2.06. The molecule has 8 heteroatoms. The first-order valence-electron chi connectivity index (χ1n) is 6.76. The Kier molecular flexibility index (Phi) is 5.19. The monoisotopic (exact) mass is 314 g/mol. The summed E-state index contributed by atoms with van der Waals surface area (Å²) in [6, 6.07) is 6.37. The van der Waals surface area contributed by atoms with Gasteiger partial charge >= 0.3 is 5.97 Å². The van der Waals surface area contributed by atoms with Gasteiger partial charge < -0.3 is 34.6 Å². The van der Waals surface area contributed by atoms with Crippen molar-refractivity contribution >= 4 is 5.97 Å². The molecule has 0 spiro atoms. The summed E-state index contributed by atoms with van der Waals surface area (Å²) in [5.41, 5.74) is 0. The molecule has 1 aliphatic heterocycles. The summed E-state index contributed by atoms with van der Waals surface area (Å²) in [6.45, 7) is 2.35. The van der Waals surface area contributed by atoms with Crippen molar-refractivity contribution in [3.8, 4) is 11.5 Å². The first-order valence-corrected chi connectivity index (χ1v) is 6.76. The summed E-state index contributed by atoms with van der Waals surface area (Å²) in [4.78, 5) is 11.0. The summed E-state index contributed by atoms with van der Waals surface area (Å²) in [7, 11) is 0. The zero-order chi connectivity index (χ0) is 16.3. The Morgan fingerprint density at radius 3 is 2.23 bits per heavy atom. The minimum atomic E-state index is -1.74. The van der Waals surface area contributed by atoms with Crippen LogP contribution < -0.4 is 9.47 Å². The third-order valence-electron chi connectivity index (χ3n) is 3.20. The van der Waals surface area contributed by atoms with Crippen LogP contribution >= 0.6 is 0 Å². The smallest absolute Gasteiger partial charge is 0.335 e. The molecule has 0 aromatic heterocycles. The van der Waals surface area contributed by atoms with Gasteiger partial charge in [0.2, 0.25) is 6.29 Å². The average Bonchev–Trinajstić information content (AvgIpc) is 2.49. The van der Waals surface area contributed by atoms with Gasteiger partial charge in [0.15, 0.2) is 6.10 Å². The number of benzene rings is 1. The molecule has 1 fully saturated rings. The minimum Gasteiger partial charge on any atom is -0.494 e. The van der Waals surface area contributed by atoms with E-state index in [0.29, 0.717) is 18.1 Å². The van der Waals surface area contributed by atoms with E-state index in [2.05, 4.69) is 0 Å². The number of aliphatic hydroxyl groups is 3. The molecule has 1 unspecified atom stereocenters. The molecule has 1 aromatic rings. The second-order valence-corrected chi connectivity index (χ2v) is 4.76. The van der Waals surface area contributed by atoms with E-state index in [1.54, 1.807) is 24.3 Å². The number of carboxylic acid groups (broad SMARTS) is 1. The Hall–Kier alpha value is -1.87. The molecule has 0 aliphatic carbocycles. The van der Waals surface area contributed by atoms with Crippen LogP contribution in [0.15, 0.2) is 24.3 Å². The van der Waals surface area contributed by atoms with E-state index in [1.807, 2.05) is 6.92 Å². The highest BCUT2D eigenvalue weighted by Gasteiger charge is 2.48. The number of ether oxygens (including phenoxy) is 3. The zero-order valence-electron chi connectivity index (χ0n) is 11.8. The lowest BCUT2D eigenvalue weighted by Crippen LogP contribution is -2.61. The van der Waals surface area contributed by atoms with Crippen molar-refractivity contribution in [3.05, 3.63) is 24.3 Å². The van der Waals surface area contributed by atoms with Gasteiger partial charge in [-0.15, -0.1) is 0 Å². The molecule has 4 N–H and O–H groups in total. The maximum Gasteiger partial charge on any atom is 0.335 e. The minimum absolute atomic E-state index is 0.292. The standard InChI is InChI=1S/C14H18O8/c1-2-20-7-3-5-8(6-4-7)21-14-11(17)9(15)10(16)12(22-14)13(18)19/h3-6,9-12,14-17H,2H2,1H3,(H,18,19)/t9-,10-,11+,12-,14?/m0/s1. The van der Waals surface area contributed by atoms with Crippen LogP contribution in [0.3, 0.4) is 0 Å². The van der Waals surface area contributed by atoms with Crippen molar-refractivity contribution in [3.63, 3.8) is 0 Å². The highest BCUT2D eigenvalue weighted by atomic mass is 16.7. The Balaban J connectivity index is 2.08. The molecular weight excluding hydrogens is 296 g/mol. The van der Waals surface area contributed by atoms with Crippen molar-refractivity contribution in [1.29, 1.82) is 0 Å². The molecule has 0 radical (unpaired) electrons. The summed E-state index contributed by atoms with van der Waals surface area (Å²) >= 11 is 0. The first-order chi connectivity index (χ1) is 10.4. The molecule has 122 valence electrons. The second kappa shape index (κ2) is 6.93. The van der Waals surface area contributed by atoms with Crippen LogP contribution in [-0.2, 0) is 9.53 Å². The van der Waals surface area contributed by atoms with Crippen LogP contribution in [0.25, 0.3) is 0 Å². The SMILES string of the molecule is CCOc1ccc(OC2O[C@H](C(=O)O)[C@@H](O)[C@H](O)[C@H]2O)cc1. The number of hydrogen-bond acceptors (Lipinski definition) is 7. The lowest BCUT2D eigenvalue weighted by molar-refractivity contribution is -0.271. The second-order valence-electron chi connectivity index (χ2n) is 4.76. The van der Waals surface area contributed by atoms with Gasteiger partial charge in [-0.05, 0) is 31.2 Å². The van der Waals surface area contributed by atoms with Gasteiger partial charge in [0.05, 0.1) is 6.61 Å². The van der Waals surface area contributed by atoms with Crippen molar-refractivity contribution in [1.82, 2.24) is 0 Å². The molecular formula is C14H18O8. The maximum absolute atomic E-state index is 11.0. The molecule has 5 atom stereocenters. The highest BCUT2D eigenvalue weighted by Crippen LogP contribution is 2.25. The fraction of sp³-hybridized carbons (Fsp3) is 0.500.